The number of anilines is 1. The van der Waals surface area contributed by atoms with Crippen LogP contribution in [0.15, 0.2) is 65.1 Å². The molecule has 0 radical (unpaired) electrons. The summed E-state index contributed by atoms with van der Waals surface area (Å²) >= 11 is 3.43. The van der Waals surface area contributed by atoms with Gasteiger partial charge in [0.15, 0.2) is 0 Å². The highest BCUT2D eigenvalue weighted by Crippen LogP contribution is 2.15. The van der Waals surface area contributed by atoms with Crippen LogP contribution in [0.1, 0.15) is 5.56 Å². The number of carbonyl (C=O) groups excluding carboxylic acids is 1. The van der Waals surface area contributed by atoms with Crippen LogP contribution in [-0.4, -0.2) is 50.1 Å². The van der Waals surface area contributed by atoms with E-state index in [0.717, 1.165) is 42.8 Å². The van der Waals surface area contributed by atoms with Crippen molar-refractivity contribution < 1.29 is 4.79 Å². The number of rotatable bonds is 6. The highest BCUT2D eigenvalue weighted by atomic mass is 79.9. The third-order valence-corrected chi connectivity index (χ3v) is 4.99. The van der Waals surface area contributed by atoms with E-state index in [1.54, 1.807) is 6.08 Å². The second kappa shape index (κ2) is 9.55. The Morgan fingerprint density at radius 3 is 2.54 bits per heavy atom. The molecule has 1 amide bonds. The standard InChI is InChI=1S/C21H24BrN3O/c22-19-6-4-5-18(17-19)9-10-21(26)23-11-12-24-13-15-25(16-14-24)20-7-2-1-3-8-20/h1-10,17H,11-16H2,(H,23,26)/b10-9+. The predicted octanol–water partition coefficient (Wildman–Crippen LogP) is 3.40. The number of amides is 1. The average molecular weight is 414 g/mol. The summed E-state index contributed by atoms with van der Waals surface area (Å²) in [6.45, 7) is 5.67. The van der Waals surface area contributed by atoms with E-state index in [1.807, 2.05) is 36.4 Å². The second-order valence-corrected chi connectivity index (χ2v) is 7.26. The van der Waals surface area contributed by atoms with Gasteiger partial charge in [0.25, 0.3) is 0 Å². The summed E-state index contributed by atoms with van der Waals surface area (Å²) < 4.78 is 1.01. The van der Waals surface area contributed by atoms with E-state index in [1.165, 1.54) is 5.69 Å². The normalized spacial score (nSPS) is 15.3. The van der Waals surface area contributed by atoms with Gasteiger partial charge in [-0.2, -0.15) is 0 Å². The number of piperazine rings is 1. The first-order valence-electron chi connectivity index (χ1n) is 8.94. The number of halogens is 1. The van der Waals surface area contributed by atoms with Crippen LogP contribution in [0.3, 0.4) is 0 Å². The van der Waals surface area contributed by atoms with E-state index in [4.69, 9.17) is 0 Å². The summed E-state index contributed by atoms with van der Waals surface area (Å²) in [4.78, 5) is 16.8. The molecule has 0 atom stereocenters. The molecular formula is C21H24BrN3O. The SMILES string of the molecule is O=C(/C=C/c1cccc(Br)c1)NCCN1CCN(c2ccccc2)CC1. The minimum atomic E-state index is -0.0482. The lowest BCUT2D eigenvalue weighted by atomic mass is 10.2. The number of benzene rings is 2. The fourth-order valence-corrected chi connectivity index (χ4v) is 3.46. The summed E-state index contributed by atoms with van der Waals surface area (Å²) in [6.07, 6.45) is 3.42. The summed E-state index contributed by atoms with van der Waals surface area (Å²) in [7, 11) is 0. The Labute approximate surface area is 163 Å². The zero-order chi connectivity index (χ0) is 18.2. The Kier molecular flexibility index (Phi) is 6.86. The van der Waals surface area contributed by atoms with Crippen LogP contribution in [0, 0.1) is 0 Å². The van der Waals surface area contributed by atoms with E-state index in [-0.39, 0.29) is 5.91 Å². The molecule has 0 unspecified atom stereocenters. The smallest absolute Gasteiger partial charge is 0.244 e. The van der Waals surface area contributed by atoms with E-state index >= 15 is 0 Å². The third-order valence-electron chi connectivity index (χ3n) is 4.50. The number of nitrogens with zero attached hydrogens (tertiary/aromatic N) is 2. The molecule has 3 rings (SSSR count). The molecule has 1 saturated heterocycles. The molecule has 26 heavy (non-hydrogen) atoms. The molecule has 0 aromatic heterocycles. The van der Waals surface area contributed by atoms with E-state index < -0.39 is 0 Å². The van der Waals surface area contributed by atoms with Crippen molar-refractivity contribution in [2.24, 2.45) is 0 Å². The van der Waals surface area contributed by atoms with Gasteiger partial charge in [-0.1, -0.05) is 46.3 Å². The van der Waals surface area contributed by atoms with Gasteiger partial charge in [0.1, 0.15) is 0 Å². The molecule has 1 heterocycles. The highest BCUT2D eigenvalue weighted by Gasteiger charge is 2.16. The Hall–Kier alpha value is -2.11. The molecule has 0 aliphatic carbocycles. The van der Waals surface area contributed by atoms with E-state index in [9.17, 15) is 4.79 Å². The lowest BCUT2D eigenvalue weighted by Gasteiger charge is -2.36. The van der Waals surface area contributed by atoms with Crippen LogP contribution in [-0.2, 0) is 4.79 Å². The molecule has 4 nitrogen and oxygen atoms in total. The van der Waals surface area contributed by atoms with Gasteiger partial charge in [-0.25, -0.2) is 0 Å². The van der Waals surface area contributed by atoms with Crippen LogP contribution < -0.4 is 10.2 Å². The van der Waals surface area contributed by atoms with Crippen molar-refractivity contribution in [1.29, 1.82) is 0 Å². The van der Waals surface area contributed by atoms with E-state index in [0.29, 0.717) is 6.54 Å². The van der Waals surface area contributed by atoms with Gasteiger partial charge in [-0.05, 0) is 35.9 Å². The summed E-state index contributed by atoms with van der Waals surface area (Å²) in [5, 5.41) is 2.96. The number of hydrogen-bond acceptors (Lipinski definition) is 3. The highest BCUT2D eigenvalue weighted by molar-refractivity contribution is 9.10. The molecule has 1 N–H and O–H groups in total. The molecule has 1 fully saturated rings. The largest absolute Gasteiger partial charge is 0.369 e. The van der Waals surface area contributed by atoms with E-state index in [2.05, 4.69) is 55.3 Å². The van der Waals surface area contributed by atoms with Gasteiger partial charge in [-0.15, -0.1) is 0 Å². The predicted molar refractivity (Wildman–Crippen MR) is 111 cm³/mol. The zero-order valence-corrected chi connectivity index (χ0v) is 16.4. The first kappa shape index (κ1) is 18.7. The van der Waals surface area contributed by atoms with Crippen molar-refractivity contribution in [3.05, 3.63) is 70.7 Å². The number of nitrogens with one attached hydrogen (secondary N) is 1. The van der Waals surface area contributed by atoms with Crippen molar-refractivity contribution >= 4 is 33.6 Å². The molecule has 1 aliphatic rings. The Balaban J connectivity index is 1.36. The Morgan fingerprint density at radius 1 is 1.04 bits per heavy atom. The fraction of sp³-hybridized carbons (Fsp3) is 0.286. The molecular weight excluding hydrogens is 390 g/mol. The molecule has 136 valence electrons. The van der Waals surface area contributed by atoms with Crippen LogP contribution in [0.4, 0.5) is 5.69 Å². The van der Waals surface area contributed by atoms with Crippen molar-refractivity contribution in [2.45, 2.75) is 0 Å². The second-order valence-electron chi connectivity index (χ2n) is 6.34. The van der Waals surface area contributed by atoms with Crippen LogP contribution in [0.25, 0.3) is 6.08 Å². The van der Waals surface area contributed by atoms with Crippen molar-refractivity contribution in [1.82, 2.24) is 10.2 Å². The lowest BCUT2D eigenvalue weighted by Crippen LogP contribution is -2.48. The van der Waals surface area contributed by atoms with Gasteiger partial charge < -0.3 is 10.2 Å². The van der Waals surface area contributed by atoms with Crippen molar-refractivity contribution in [2.75, 3.05) is 44.2 Å². The molecule has 2 aromatic rings. The summed E-state index contributed by atoms with van der Waals surface area (Å²) in [5.74, 6) is -0.0482. The average Bonchev–Trinajstić information content (AvgIpc) is 2.68. The maximum atomic E-state index is 11.9. The van der Waals surface area contributed by atoms with Crippen LogP contribution in [0.5, 0.6) is 0 Å². The molecule has 0 spiro atoms. The molecule has 5 heteroatoms. The van der Waals surface area contributed by atoms with Crippen molar-refractivity contribution in [3.63, 3.8) is 0 Å². The summed E-state index contributed by atoms with van der Waals surface area (Å²) in [5.41, 5.74) is 2.30. The first-order valence-corrected chi connectivity index (χ1v) is 9.74. The molecule has 0 bridgehead atoms. The topological polar surface area (TPSA) is 35.6 Å². The van der Waals surface area contributed by atoms with Gasteiger partial charge >= 0.3 is 0 Å². The minimum absolute atomic E-state index is 0.0482. The fourth-order valence-electron chi connectivity index (χ4n) is 3.05. The quantitative estimate of drug-likeness (QED) is 0.737. The molecule has 0 saturated carbocycles. The molecule has 2 aromatic carbocycles. The Morgan fingerprint density at radius 2 is 1.81 bits per heavy atom. The van der Waals surface area contributed by atoms with Gasteiger partial charge in [0, 0.05) is 55.5 Å². The number of para-hydroxylation sites is 1. The van der Waals surface area contributed by atoms with Gasteiger partial charge in [0.2, 0.25) is 5.91 Å². The number of hydrogen-bond donors (Lipinski definition) is 1. The minimum Gasteiger partial charge on any atom is -0.369 e. The van der Waals surface area contributed by atoms with Gasteiger partial charge in [-0.3, -0.25) is 9.69 Å². The monoisotopic (exact) mass is 413 g/mol. The Bertz CT molecular complexity index is 740. The van der Waals surface area contributed by atoms with Crippen LogP contribution in [0.2, 0.25) is 0 Å². The van der Waals surface area contributed by atoms with Crippen LogP contribution >= 0.6 is 15.9 Å². The maximum Gasteiger partial charge on any atom is 0.244 e. The zero-order valence-electron chi connectivity index (χ0n) is 14.8. The lowest BCUT2D eigenvalue weighted by molar-refractivity contribution is -0.116. The third kappa shape index (κ3) is 5.71. The molecule has 1 aliphatic heterocycles. The first-order chi connectivity index (χ1) is 12.7. The number of carbonyl (C=O) groups is 1. The summed E-state index contributed by atoms with van der Waals surface area (Å²) in [6, 6.07) is 18.4. The van der Waals surface area contributed by atoms with Crippen molar-refractivity contribution in [3.8, 4) is 0 Å². The maximum absolute atomic E-state index is 11.9. The van der Waals surface area contributed by atoms with Gasteiger partial charge in [0.05, 0.1) is 0 Å².